The third kappa shape index (κ3) is 3.55. The number of fused-ring (bicyclic) bond motifs is 1. The molecule has 0 bridgehead atoms. The average Bonchev–Trinajstić information content (AvgIpc) is 2.59. The van der Waals surface area contributed by atoms with Crippen LogP contribution in [0.15, 0.2) is 72.8 Å². The van der Waals surface area contributed by atoms with Crippen LogP contribution >= 0.6 is 0 Å². The maximum atomic E-state index is 11.8. The second-order valence-electron chi connectivity index (χ2n) is 4.84. The van der Waals surface area contributed by atoms with E-state index in [1.54, 1.807) is 0 Å². The number of hydrogen-bond acceptors (Lipinski definition) is 3. The molecule has 0 saturated heterocycles. The first kappa shape index (κ1) is 13.9. The monoisotopic (exact) mass is 292 g/mol. The number of carbonyl (C=O) groups is 1. The van der Waals surface area contributed by atoms with Gasteiger partial charge in [-0.1, -0.05) is 48.5 Å². The summed E-state index contributed by atoms with van der Waals surface area (Å²) in [6.45, 7) is -0.0435. The van der Waals surface area contributed by atoms with Gasteiger partial charge in [-0.15, -0.1) is 0 Å². The zero-order valence-corrected chi connectivity index (χ0v) is 12.0. The minimum atomic E-state index is -0.239. The van der Waals surface area contributed by atoms with Crippen molar-refractivity contribution in [1.29, 1.82) is 0 Å². The van der Waals surface area contributed by atoms with Gasteiger partial charge in [0.25, 0.3) is 5.91 Å². The normalized spacial score (nSPS) is 10.2. The lowest BCUT2D eigenvalue weighted by Crippen LogP contribution is -2.33. The summed E-state index contributed by atoms with van der Waals surface area (Å²) in [6.07, 6.45) is 0. The average molecular weight is 292 g/mol. The molecule has 110 valence electrons. The molecule has 1 amide bonds. The molecule has 3 aromatic rings. The second kappa shape index (κ2) is 6.63. The number of carbonyl (C=O) groups excluding carboxylic acids is 1. The van der Waals surface area contributed by atoms with Crippen molar-refractivity contribution >= 4 is 22.4 Å². The molecular weight excluding hydrogens is 276 g/mol. The fourth-order valence-corrected chi connectivity index (χ4v) is 2.11. The molecule has 2 N–H and O–H groups in total. The maximum absolute atomic E-state index is 11.8. The van der Waals surface area contributed by atoms with E-state index in [0.717, 1.165) is 16.5 Å². The Labute approximate surface area is 128 Å². The van der Waals surface area contributed by atoms with Crippen molar-refractivity contribution in [3.05, 3.63) is 72.8 Å². The third-order valence-corrected chi connectivity index (χ3v) is 3.21. The Kier molecular flexibility index (Phi) is 4.20. The molecule has 0 spiro atoms. The molecule has 4 nitrogen and oxygen atoms in total. The van der Waals surface area contributed by atoms with Gasteiger partial charge in [0.1, 0.15) is 5.75 Å². The number of amides is 1. The maximum Gasteiger partial charge on any atom is 0.276 e. The molecule has 4 heteroatoms. The molecule has 0 radical (unpaired) electrons. The lowest BCUT2D eigenvalue weighted by molar-refractivity contribution is -0.122. The Morgan fingerprint density at radius 3 is 2.41 bits per heavy atom. The van der Waals surface area contributed by atoms with Gasteiger partial charge >= 0.3 is 0 Å². The van der Waals surface area contributed by atoms with Crippen LogP contribution < -0.4 is 15.6 Å². The Balaban J connectivity index is 1.53. The number of rotatable bonds is 5. The summed E-state index contributed by atoms with van der Waals surface area (Å²) in [5.74, 6) is 0.436. The smallest absolute Gasteiger partial charge is 0.276 e. The van der Waals surface area contributed by atoms with E-state index < -0.39 is 0 Å². The van der Waals surface area contributed by atoms with Crippen molar-refractivity contribution in [3.63, 3.8) is 0 Å². The van der Waals surface area contributed by atoms with Crippen LogP contribution in [0, 0.1) is 0 Å². The van der Waals surface area contributed by atoms with E-state index in [4.69, 9.17) is 4.74 Å². The fraction of sp³-hybridized carbons (Fsp3) is 0.0556. The van der Waals surface area contributed by atoms with E-state index in [1.165, 1.54) is 0 Å². The lowest BCUT2D eigenvalue weighted by Gasteiger charge is -2.10. The summed E-state index contributed by atoms with van der Waals surface area (Å²) >= 11 is 0. The lowest BCUT2D eigenvalue weighted by atomic mass is 10.1. The summed E-state index contributed by atoms with van der Waals surface area (Å²) in [7, 11) is 0. The highest BCUT2D eigenvalue weighted by molar-refractivity contribution is 5.84. The van der Waals surface area contributed by atoms with E-state index in [0.29, 0.717) is 5.75 Å². The minimum absolute atomic E-state index is 0.0435. The van der Waals surface area contributed by atoms with Crippen LogP contribution in [0.5, 0.6) is 5.75 Å². The molecule has 22 heavy (non-hydrogen) atoms. The summed E-state index contributed by atoms with van der Waals surface area (Å²) in [5.41, 5.74) is 6.24. The van der Waals surface area contributed by atoms with E-state index >= 15 is 0 Å². The summed E-state index contributed by atoms with van der Waals surface area (Å²) in [5, 5.41) is 2.23. The van der Waals surface area contributed by atoms with Crippen LogP contribution in [-0.2, 0) is 4.79 Å². The van der Waals surface area contributed by atoms with Crippen LogP contribution in [0.25, 0.3) is 10.8 Å². The standard InChI is InChI=1S/C18H16N2O2/c21-18(20-19-16-8-2-1-3-9-16)13-22-17-11-10-14-6-4-5-7-15(14)12-17/h1-12,19H,13H2,(H,20,21). The van der Waals surface area contributed by atoms with Crippen LogP contribution in [0.3, 0.4) is 0 Å². The molecule has 3 rings (SSSR count). The van der Waals surface area contributed by atoms with Gasteiger partial charge in [0, 0.05) is 0 Å². The highest BCUT2D eigenvalue weighted by Gasteiger charge is 2.03. The topological polar surface area (TPSA) is 50.4 Å². The highest BCUT2D eigenvalue weighted by Crippen LogP contribution is 2.20. The molecule has 0 aliphatic heterocycles. The van der Waals surface area contributed by atoms with E-state index in [-0.39, 0.29) is 12.5 Å². The van der Waals surface area contributed by atoms with Gasteiger partial charge in [-0.2, -0.15) is 0 Å². The largest absolute Gasteiger partial charge is 0.484 e. The minimum Gasteiger partial charge on any atom is -0.484 e. The summed E-state index contributed by atoms with van der Waals surface area (Å²) in [4.78, 5) is 11.8. The Morgan fingerprint density at radius 1 is 0.864 bits per heavy atom. The molecule has 0 aliphatic carbocycles. The zero-order chi connectivity index (χ0) is 15.2. The number of benzene rings is 3. The van der Waals surface area contributed by atoms with Gasteiger partial charge in [0.15, 0.2) is 6.61 Å². The van der Waals surface area contributed by atoms with Crippen molar-refractivity contribution in [1.82, 2.24) is 5.43 Å². The summed E-state index contributed by atoms with van der Waals surface area (Å²) in [6, 6.07) is 23.2. The van der Waals surface area contributed by atoms with Gasteiger partial charge in [-0.25, -0.2) is 0 Å². The zero-order valence-electron chi connectivity index (χ0n) is 12.0. The number of nitrogens with one attached hydrogen (secondary N) is 2. The predicted octanol–water partition coefficient (Wildman–Crippen LogP) is 3.36. The Bertz CT molecular complexity index is 772. The van der Waals surface area contributed by atoms with Crippen LogP contribution in [0.4, 0.5) is 5.69 Å². The van der Waals surface area contributed by atoms with Gasteiger partial charge < -0.3 is 4.74 Å². The number of para-hydroxylation sites is 1. The van der Waals surface area contributed by atoms with Gasteiger partial charge in [0.2, 0.25) is 0 Å². The quantitative estimate of drug-likeness (QED) is 0.709. The molecule has 0 saturated carbocycles. The fourth-order valence-electron chi connectivity index (χ4n) is 2.11. The molecule has 3 aromatic carbocycles. The van der Waals surface area contributed by atoms with Crippen molar-refractivity contribution < 1.29 is 9.53 Å². The Hall–Kier alpha value is -3.01. The predicted molar refractivity (Wildman–Crippen MR) is 87.7 cm³/mol. The second-order valence-corrected chi connectivity index (χ2v) is 4.84. The molecule has 0 fully saturated rings. The van der Waals surface area contributed by atoms with Crippen molar-refractivity contribution in [2.24, 2.45) is 0 Å². The van der Waals surface area contributed by atoms with Crippen LogP contribution in [-0.4, -0.2) is 12.5 Å². The molecular formula is C18H16N2O2. The number of hydrogen-bond donors (Lipinski definition) is 2. The van der Waals surface area contributed by atoms with Crippen molar-refractivity contribution in [2.75, 3.05) is 12.0 Å². The van der Waals surface area contributed by atoms with Crippen molar-refractivity contribution in [3.8, 4) is 5.75 Å². The highest BCUT2D eigenvalue weighted by atomic mass is 16.5. The summed E-state index contributed by atoms with van der Waals surface area (Å²) < 4.78 is 5.51. The van der Waals surface area contributed by atoms with Crippen LogP contribution in [0.2, 0.25) is 0 Å². The SMILES string of the molecule is O=C(COc1ccc2ccccc2c1)NNc1ccccc1. The number of ether oxygens (including phenoxy) is 1. The third-order valence-electron chi connectivity index (χ3n) is 3.21. The first-order valence-electron chi connectivity index (χ1n) is 7.03. The number of hydrazine groups is 1. The molecule has 0 atom stereocenters. The van der Waals surface area contributed by atoms with E-state index in [9.17, 15) is 4.79 Å². The van der Waals surface area contributed by atoms with Gasteiger partial charge in [-0.05, 0) is 35.0 Å². The molecule has 0 aliphatic rings. The first-order valence-corrected chi connectivity index (χ1v) is 7.03. The van der Waals surface area contributed by atoms with Gasteiger partial charge in [-0.3, -0.25) is 15.6 Å². The molecule has 0 aromatic heterocycles. The van der Waals surface area contributed by atoms with Crippen molar-refractivity contribution in [2.45, 2.75) is 0 Å². The van der Waals surface area contributed by atoms with E-state index in [1.807, 2.05) is 72.8 Å². The van der Waals surface area contributed by atoms with E-state index in [2.05, 4.69) is 10.9 Å². The molecule has 0 unspecified atom stereocenters. The van der Waals surface area contributed by atoms with Gasteiger partial charge in [0.05, 0.1) is 5.69 Å². The first-order chi connectivity index (χ1) is 10.8. The molecule has 0 heterocycles. The Morgan fingerprint density at radius 2 is 1.59 bits per heavy atom. The van der Waals surface area contributed by atoms with Crippen LogP contribution in [0.1, 0.15) is 0 Å². The number of anilines is 1.